The summed E-state index contributed by atoms with van der Waals surface area (Å²) >= 11 is 0. The largest absolute Gasteiger partial charge is 0.323 e. The van der Waals surface area contributed by atoms with E-state index in [1.54, 1.807) is 0 Å². The average molecular weight is 215 g/mol. The predicted octanol–water partition coefficient (Wildman–Crippen LogP) is 2.45. The van der Waals surface area contributed by atoms with Crippen molar-refractivity contribution in [2.45, 2.75) is 26.3 Å². The summed E-state index contributed by atoms with van der Waals surface area (Å²) in [5.41, 5.74) is 9.16. The quantitative estimate of drug-likeness (QED) is 0.854. The summed E-state index contributed by atoms with van der Waals surface area (Å²) in [6, 6.07) is 12.2. The smallest absolute Gasteiger partial charge is 0.0649 e. The Hall–Kier alpha value is -1.61. The van der Waals surface area contributed by atoms with E-state index < -0.39 is 0 Å². The van der Waals surface area contributed by atoms with Crippen LogP contribution in [0.5, 0.6) is 0 Å². The van der Waals surface area contributed by atoms with Crippen LogP contribution in [0.2, 0.25) is 0 Å². The number of hydrogen-bond donors (Lipinski definition) is 1. The predicted molar refractivity (Wildman–Crippen MR) is 65.5 cm³/mol. The van der Waals surface area contributed by atoms with E-state index in [0.29, 0.717) is 0 Å². The molecular weight excluding hydrogens is 198 g/mol. The highest BCUT2D eigenvalue weighted by Gasteiger charge is 2.11. The van der Waals surface area contributed by atoms with Crippen LogP contribution in [-0.2, 0) is 6.42 Å². The van der Waals surface area contributed by atoms with Gasteiger partial charge in [0.1, 0.15) is 0 Å². The molecule has 0 saturated heterocycles. The average Bonchev–Trinajstić information content (AvgIpc) is 2.74. The van der Waals surface area contributed by atoms with Crippen LogP contribution in [-0.4, -0.2) is 9.78 Å². The van der Waals surface area contributed by atoms with E-state index in [2.05, 4.69) is 18.1 Å². The molecule has 0 aliphatic rings. The first-order chi connectivity index (χ1) is 7.72. The Morgan fingerprint density at radius 1 is 1.31 bits per heavy atom. The van der Waals surface area contributed by atoms with Crippen molar-refractivity contribution in [1.29, 1.82) is 0 Å². The summed E-state index contributed by atoms with van der Waals surface area (Å²) in [5.74, 6) is 0. The fourth-order valence-corrected chi connectivity index (χ4v) is 1.72. The van der Waals surface area contributed by atoms with E-state index in [-0.39, 0.29) is 6.04 Å². The van der Waals surface area contributed by atoms with Gasteiger partial charge in [-0.2, -0.15) is 5.10 Å². The van der Waals surface area contributed by atoms with Crippen molar-refractivity contribution in [1.82, 2.24) is 9.78 Å². The second-order valence-electron chi connectivity index (χ2n) is 3.95. The van der Waals surface area contributed by atoms with Crippen LogP contribution in [0.3, 0.4) is 0 Å². The summed E-state index contributed by atoms with van der Waals surface area (Å²) in [6.07, 6.45) is 0.930. The second kappa shape index (κ2) is 4.49. The van der Waals surface area contributed by atoms with Gasteiger partial charge in [-0.3, -0.25) is 0 Å². The van der Waals surface area contributed by atoms with Crippen molar-refractivity contribution in [3.8, 4) is 5.69 Å². The molecule has 0 aliphatic carbocycles. The molecule has 1 aromatic carbocycles. The van der Waals surface area contributed by atoms with Crippen molar-refractivity contribution in [3.63, 3.8) is 0 Å². The van der Waals surface area contributed by atoms with Gasteiger partial charge < -0.3 is 5.73 Å². The molecule has 0 amide bonds. The lowest BCUT2D eigenvalue weighted by atomic mass is 10.2. The molecule has 0 radical (unpaired) electrons. The minimum absolute atomic E-state index is 0.00648. The number of rotatable bonds is 3. The van der Waals surface area contributed by atoms with E-state index >= 15 is 0 Å². The first kappa shape index (κ1) is 10.9. The third-order valence-corrected chi connectivity index (χ3v) is 2.62. The van der Waals surface area contributed by atoms with Gasteiger partial charge >= 0.3 is 0 Å². The molecule has 0 saturated carbocycles. The van der Waals surface area contributed by atoms with Gasteiger partial charge in [0.25, 0.3) is 0 Å². The van der Waals surface area contributed by atoms with Crippen molar-refractivity contribution >= 4 is 0 Å². The maximum atomic E-state index is 5.96. The number of aromatic nitrogens is 2. The minimum Gasteiger partial charge on any atom is -0.323 e. The molecule has 0 fully saturated rings. The zero-order valence-corrected chi connectivity index (χ0v) is 9.72. The minimum atomic E-state index is -0.00648. The fraction of sp³-hybridized carbons (Fsp3) is 0.308. The molecule has 1 atom stereocenters. The molecule has 2 aromatic rings. The number of para-hydroxylation sites is 1. The Morgan fingerprint density at radius 3 is 2.56 bits per heavy atom. The number of aryl methyl sites for hydroxylation is 1. The summed E-state index contributed by atoms with van der Waals surface area (Å²) in [4.78, 5) is 0. The van der Waals surface area contributed by atoms with Crippen LogP contribution in [0.1, 0.15) is 31.3 Å². The van der Waals surface area contributed by atoms with Gasteiger partial charge in [0.05, 0.1) is 17.1 Å². The molecule has 2 N–H and O–H groups in total. The normalized spacial score (nSPS) is 12.7. The van der Waals surface area contributed by atoms with Crippen molar-refractivity contribution in [3.05, 3.63) is 47.8 Å². The molecule has 0 spiro atoms. The van der Waals surface area contributed by atoms with Crippen LogP contribution in [0, 0.1) is 0 Å². The molecule has 2 rings (SSSR count). The van der Waals surface area contributed by atoms with E-state index in [1.807, 2.05) is 41.9 Å². The molecule has 3 heteroatoms. The topological polar surface area (TPSA) is 43.8 Å². The van der Waals surface area contributed by atoms with Gasteiger partial charge in [0.2, 0.25) is 0 Å². The fourth-order valence-electron chi connectivity index (χ4n) is 1.72. The summed E-state index contributed by atoms with van der Waals surface area (Å²) < 4.78 is 1.93. The van der Waals surface area contributed by atoms with Crippen LogP contribution in [0.15, 0.2) is 36.4 Å². The van der Waals surface area contributed by atoms with E-state index in [4.69, 9.17) is 5.73 Å². The summed E-state index contributed by atoms with van der Waals surface area (Å²) in [6.45, 7) is 4.08. The number of hydrogen-bond acceptors (Lipinski definition) is 2. The Balaban J connectivity index is 2.51. The molecule has 1 aromatic heterocycles. The molecule has 84 valence electrons. The lowest BCUT2D eigenvalue weighted by Crippen LogP contribution is -2.11. The lowest BCUT2D eigenvalue weighted by molar-refractivity contribution is 0.706. The highest BCUT2D eigenvalue weighted by atomic mass is 15.3. The van der Waals surface area contributed by atoms with Gasteiger partial charge in [0.15, 0.2) is 0 Å². The number of nitrogens with two attached hydrogens (primary N) is 1. The molecule has 0 unspecified atom stereocenters. The maximum absolute atomic E-state index is 5.96. The van der Waals surface area contributed by atoms with Gasteiger partial charge in [-0.1, -0.05) is 25.1 Å². The van der Waals surface area contributed by atoms with Crippen molar-refractivity contribution in [2.24, 2.45) is 5.73 Å². The zero-order valence-electron chi connectivity index (χ0n) is 9.72. The highest BCUT2D eigenvalue weighted by molar-refractivity contribution is 5.34. The van der Waals surface area contributed by atoms with E-state index in [0.717, 1.165) is 23.5 Å². The van der Waals surface area contributed by atoms with Crippen LogP contribution in [0.4, 0.5) is 0 Å². The highest BCUT2D eigenvalue weighted by Crippen LogP contribution is 2.17. The third kappa shape index (κ3) is 1.99. The number of nitrogens with zero attached hydrogens (tertiary/aromatic N) is 2. The Kier molecular flexibility index (Phi) is 3.06. The number of benzene rings is 1. The van der Waals surface area contributed by atoms with Crippen LogP contribution in [0.25, 0.3) is 5.69 Å². The van der Waals surface area contributed by atoms with Crippen LogP contribution >= 0.6 is 0 Å². The van der Waals surface area contributed by atoms with Crippen molar-refractivity contribution < 1.29 is 0 Å². The summed E-state index contributed by atoms with van der Waals surface area (Å²) in [5, 5.41) is 4.56. The molecule has 0 aliphatic heterocycles. The van der Waals surface area contributed by atoms with E-state index in [1.165, 1.54) is 0 Å². The molecule has 3 nitrogen and oxygen atoms in total. The second-order valence-corrected chi connectivity index (χ2v) is 3.95. The Bertz CT molecular complexity index is 457. The lowest BCUT2D eigenvalue weighted by Gasteiger charge is -2.09. The van der Waals surface area contributed by atoms with Crippen molar-refractivity contribution in [2.75, 3.05) is 0 Å². The Labute approximate surface area is 95.9 Å². The van der Waals surface area contributed by atoms with E-state index in [9.17, 15) is 0 Å². The SMILES string of the molecule is CCc1cc([C@H](C)N)n(-c2ccccc2)n1. The van der Waals surface area contributed by atoms with Gasteiger partial charge in [-0.05, 0) is 31.5 Å². The monoisotopic (exact) mass is 215 g/mol. The Morgan fingerprint density at radius 2 is 2.00 bits per heavy atom. The zero-order chi connectivity index (χ0) is 11.5. The standard InChI is InChI=1S/C13H17N3/c1-3-11-9-13(10(2)14)16(15-11)12-7-5-4-6-8-12/h4-10H,3,14H2,1-2H3/t10-/m0/s1. The molecule has 1 heterocycles. The molecule has 0 bridgehead atoms. The first-order valence-corrected chi connectivity index (χ1v) is 5.62. The summed E-state index contributed by atoms with van der Waals surface area (Å²) in [7, 11) is 0. The molecule has 16 heavy (non-hydrogen) atoms. The van der Waals surface area contributed by atoms with Gasteiger partial charge in [0, 0.05) is 6.04 Å². The maximum Gasteiger partial charge on any atom is 0.0649 e. The van der Waals surface area contributed by atoms with Gasteiger partial charge in [-0.25, -0.2) is 4.68 Å². The first-order valence-electron chi connectivity index (χ1n) is 5.62. The third-order valence-electron chi connectivity index (χ3n) is 2.62. The van der Waals surface area contributed by atoms with Crippen LogP contribution < -0.4 is 5.73 Å². The molecular formula is C13H17N3. The van der Waals surface area contributed by atoms with Gasteiger partial charge in [-0.15, -0.1) is 0 Å².